The van der Waals surface area contributed by atoms with Gasteiger partial charge in [0.15, 0.2) is 16.2 Å². The molecule has 1 heterocycles. The Labute approximate surface area is 121 Å². The van der Waals surface area contributed by atoms with Crippen LogP contribution in [-0.4, -0.2) is 33.6 Å². The van der Waals surface area contributed by atoms with Crippen LogP contribution in [0.4, 0.5) is 0 Å². The third kappa shape index (κ3) is 3.93. The molecule has 0 aromatic carbocycles. The van der Waals surface area contributed by atoms with E-state index in [0.717, 1.165) is 11.8 Å². The molecule has 0 saturated carbocycles. The first kappa shape index (κ1) is 16.4. The average molecular weight is 298 g/mol. The zero-order valence-electron chi connectivity index (χ0n) is 12.0. The summed E-state index contributed by atoms with van der Waals surface area (Å²) in [5, 5.41) is -0.761. The molecule has 0 saturated heterocycles. The van der Waals surface area contributed by atoms with Crippen molar-refractivity contribution >= 4 is 23.5 Å². The summed E-state index contributed by atoms with van der Waals surface area (Å²) in [6.07, 6.45) is 0.577. The van der Waals surface area contributed by atoms with E-state index in [2.05, 4.69) is 9.97 Å². The summed E-state index contributed by atoms with van der Waals surface area (Å²) in [5.74, 6) is -0.960. The molecule has 1 atom stereocenters. The lowest BCUT2D eigenvalue weighted by Crippen LogP contribution is -2.28. The van der Waals surface area contributed by atoms with Crippen molar-refractivity contribution in [2.45, 2.75) is 44.5 Å². The van der Waals surface area contributed by atoms with E-state index in [1.165, 1.54) is 6.92 Å². The summed E-state index contributed by atoms with van der Waals surface area (Å²) in [7, 11) is 0. The fraction of sp³-hybridized carbons (Fsp3) is 0.538. The van der Waals surface area contributed by atoms with Gasteiger partial charge in [0, 0.05) is 11.3 Å². The number of nitrogens with zero attached hydrogens (tertiary/aromatic N) is 1. The Balaban J connectivity index is 3.04. The number of aryl methyl sites for hydroxylation is 1. The van der Waals surface area contributed by atoms with Crippen molar-refractivity contribution in [3.8, 4) is 0 Å². The number of aromatic nitrogens is 2. The van der Waals surface area contributed by atoms with Crippen molar-refractivity contribution in [1.82, 2.24) is 9.97 Å². The number of thioether (sulfide) groups is 1. The smallest absolute Gasteiger partial charge is 0.327 e. The lowest BCUT2D eigenvalue weighted by Gasteiger charge is -2.12. The van der Waals surface area contributed by atoms with Crippen LogP contribution in [0, 0.1) is 6.92 Å². The lowest BCUT2D eigenvalue weighted by molar-refractivity contribution is -0.144. The van der Waals surface area contributed by atoms with Gasteiger partial charge in [-0.05, 0) is 27.2 Å². The maximum absolute atomic E-state index is 11.8. The molecule has 0 aliphatic carbocycles. The number of carbonyl (C=O) groups is 2. The van der Waals surface area contributed by atoms with Gasteiger partial charge in [0.05, 0.1) is 6.61 Å². The Morgan fingerprint density at radius 3 is 2.50 bits per heavy atom. The monoisotopic (exact) mass is 298 g/mol. The van der Waals surface area contributed by atoms with Crippen molar-refractivity contribution < 1.29 is 14.3 Å². The molecule has 1 aromatic heterocycles. The van der Waals surface area contributed by atoms with Gasteiger partial charge in [0.1, 0.15) is 0 Å². The first-order chi connectivity index (χ1) is 9.40. The van der Waals surface area contributed by atoms with Crippen molar-refractivity contribution in [3.63, 3.8) is 0 Å². The number of hydrogen-bond acceptors (Lipinski definition) is 6. The molecule has 20 heavy (non-hydrogen) atoms. The van der Waals surface area contributed by atoms with E-state index < -0.39 is 11.2 Å². The summed E-state index contributed by atoms with van der Waals surface area (Å²) in [5.41, 5.74) is 0.962. The van der Waals surface area contributed by atoms with E-state index in [9.17, 15) is 14.4 Å². The molecule has 1 N–H and O–H groups in total. The maximum Gasteiger partial charge on any atom is 0.327 e. The van der Waals surface area contributed by atoms with Crippen LogP contribution in [0.5, 0.6) is 0 Å². The van der Waals surface area contributed by atoms with Crippen LogP contribution < -0.4 is 5.56 Å². The highest BCUT2D eigenvalue weighted by atomic mass is 32.2. The minimum Gasteiger partial charge on any atom is -0.465 e. The van der Waals surface area contributed by atoms with Crippen LogP contribution in [0.1, 0.15) is 32.0 Å². The van der Waals surface area contributed by atoms with Crippen molar-refractivity contribution in [2.24, 2.45) is 0 Å². The predicted molar refractivity (Wildman–Crippen MR) is 75.9 cm³/mol. The molecule has 1 aromatic rings. The molecule has 0 unspecified atom stereocenters. The Morgan fingerprint density at radius 1 is 1.40 bits per heavy atom. The van der Waals surface area contributed by atoms with Gasteiger partial charge >= 0.3 is 5.97 Å². The number of nitrogens with one attached hydrogen (secondary N) is 1. The number of carbonyl (C=O) groups excluding carboxylic acids is 2. The fourth-order valence-electron chi connectivity index (χ4n) is 1.68. The van der Waals surface area contributed by atoms with E-state index >= 15 is 0 Å². The first-order valence-electron chi connectivity index (χ1n) is 6.34. The summed E-state index contributed by atoms with van der Waals surface area (Å²) >= 11 is 0.902. The highest BCUT2D eigenvalue weighted by Gasteiger charge is 2.27. The first-order valence-corrected chi connectivity index (χ1v) is 7.22. The van der Waals surface area contributed by atoms with Crippen LogP contribution in [0.25, 0.3) is 0 Å². The minimum atomic E-state index is -1.01. The van der Waals surface area contributed by atoms with Gasteiger partial charge in [-0.2, -0.15) is 0 Å². The van der Waals surface area contributed by atoms with Gasteiger partial charge in [-0.1, -0.05) is 18.7 Å². The number of rotatable bonds is 6. The molecule has 0 aliphatic heterocycles. The molecule has 0 aliphatic rings. The summed E-state index contributed by atoms with van der Waals surface area (Å²) in [6.45, 7) is 6.76. The van der Waals surface area contributed by atoms with Crippen LogP contribution in [0.15, 0.2) is 9.95 Å². The Bertz CT molecular complexity index is 568. The van der Waals surface area contributed by atoms with Gasteiger partial charge in [-0.3, -0.25) is 14.4 Å². The van der Waals surface area contributed by atoms with E-state index in [0.29, 0.717) is 17.7 Å². The average Bonchev–Trinajstić information content (AvgIpc) is 2.35. The predicted octanol–water partition coefficient (Wildman–Crippen LogP) is 1.25. The van der Waals surface area contributed by atoms with Crippen LogP contribution in [-0.2, 0) is 20.7 Å². The van der Waals surface area contributed by atoms with E-state index in [1.54, 1.807) is 13.8 Å². The SMILES string of the molecule is CCOC(=O)[C@@H](Sc1nc(C)c(CC)c(=O)[nH]1)C(C)=O. The zero-order chi connectivity index (χ0) is 15.3. The molecular formula is C13H18N2O4S. The number of Topliss-reactive ketones (excluding diaryl/α,β-unsaturated/α-hetero) is 1. The second kappa shape index (κ2) is 7.23. The molecule has 0 fully saturated rings. The number of ketones is 1. The van der Waals surface area contributed by atoms with Crippen LogP contribution in [0.2, 0.25) is 0 Å². The zero-order valence-corrected chi connectivity index (χ0v) is 12.8. The maximum atomic E-state index is 11.8. The van der Waals surface area contributed by atoms with E-state index in [-0.39, 0.29) is 23.1 Å². The molecule has 0 radical (unpaired) electrons. The Kier molecular flexibility index (Phi) is 5.94. The largest absolute Gasteiger partial charge is 0.465 e. The quantitative estimate of drug-likeness (QED) is 0.368. The summed E-state index contributed by atoms with van der Waals surface area (Å²) in [4.78, 5) is 41.8. The number of hydrogen-bond donors (Lipinski definition) is 1. The Morgan fingerprint density at radius 2 is 2.05 bits per heavy atom. The number of esters is 1. The molecule has 0 spiro atoms. The van der Waals surface area contributed by atoms with E-state index in [4.69, 9.17) is 4.74 Å². The molecular weight excluding hydrogens is 280 g/mol. The van der Waals surface area contributed by atoms with Gasteiger partial charge in [-0.25, -0.2) is 4.98 Å². The minimum absolute atomic E-state index is 0.195. The van der Waals surface area contributed by atoms with E-state index in [1.807, 2.05) is 6.92 Å². The highest BCUT2D eigenvalue weighted by Crippen LogP contribution is 2.21. The Hall–Kier alpha value is -1.63. The van der Waals surface area contributed by atoms with Gasteiger partial charge < -0.3 is 9.72 Å². The van der Waals surface area contributed by atoms with Crippen molar-refractivity contribution in [3.05, 3.63) is 21.6 Å². The normalized spacial score (nSPS) is 12.0. The van der Waals surface area contributed by atoms with Gasteiger partial charge in [0.2, 0.25) is 0 Å². The second-order valence-corrected chi connectivity index (χ2v) is 5.24. The fourth-order valence-corrected chi connectivity index (χ4v) is 2.58. The van der Waals surface area contributed by atoms with Crippen molar-refractivity contribution in [2.75, 3.05) is 6.61 Å². The van der Waals surface area contributed by atoms with Gasteiger partial charge in [0.25, 0.3) is 5.56 Å². The number of H-pyrrole nitrogens is 1. The molecule has 110 valence electrons. The molecule has 6 nitrogen and oxygen atoms in total. The summed E-state index contributed by atoms with van der Waals surface area (Å²) < 4.78 is 4.84. The summed E-state index contributed by atoms with van der Waals surface area (Å²) in [6, 6.07) is 0. The van der Waals surface area contributed by atoms with Crippen LogP contribution in [0.3, 0.4) is 0 Å². The second-order valence-electron chi connectivity index (χ2n) is 4.15. The molecule has 0 bridgehead atoms. The molecule has 1 rings (SSSR count). The molecule has 0 amide bonds. The third-order valence-corrected chi connectivity index (χ3v) is 3.83. The number of aromatic amines is 1. The highest BCUT2D eigenvalue weighted by molar-refractivity contribution is 8.01. The number of ether oxygens (including phenoxy) is 1. The standard InChI is InChI=1S/C13H18N2O4S/c1-5-9-7(3)14-13(15-11(9)17)20-10(8(4)16)12(18)19-6-2/h10H,5-6H2,1-4H3,(H,14,15,17)/t10-/m0/s1. The van der Waals surface area contributed by atoms with Gasteiger partial charge in [-0.15, -0.1) is 0 Å². The topological polar surface area (TPSA) is 89.1 Å². The lowest BCUT2D eigenvalue weighted by atomic mass is 10.2. The third-order valence-electron chi connectivity index (χ3n) is 2.65. The van der Waals surface area contributed by atoms with Crippen molar-refractivity contribution in [1.29, 1.82) is 0 Å². The van der Waals surface area contributed by atoms with Crippen LogP contribution >= 0.6 is 11.8 Å². The molecule has 7 heteroatoms.